The number of hydrogen-bond donors (Lipinski definition) is 2. The monoisotopic (exact) mass is 494 g/mol. The molecule has 1 aromatic carbocycles. The fourth-order valence-electron chi connectivity index (χ4n) is 3.00. The Bertz CT molecular complexity index is 562. The van der Waals surface area contributed by atoms with E-state index in [2.05, 4.69) is 34.4 Å². The lowest BCUT2D eigenvalue weighted by molar-refractivity contribution is 0.167. The summed E-state index contributed by atoms with van der Waals surface area (Å²) >= 11 is 5.99. The van der Waals surface area contributed by atoms with Gasteiger partial charge in [-0.05, 0) is 51.8 Å². The third-order valence-corrected chi connectivity index (χ3v) is 4.75. The van der Waals surface area contributed by atoms with Crippen molar-refractivity contribution in [3.05, 3.63) is 29.3 Å². The fourth-order valence-corrected chi connectivity index (χ4v) is 3.18. The van der Waals surface area contributed by atoms with Crippen LogP contribution in [-0.4, -0.2) is 55.7 Å². The molecule has 1 saturated heterocycles. The predicted molar refractivity (Wildman–Crippen MR) is 121 cm³/mol. The van der Waals surface area contributed by atoms with Crippen molar-refractivity contribution in [2.45, 2.75) is 51.8 Å². The molecule has 26 heavy (non-hydrogen) atoms. The Balaban J connectivity index is 0.00000338. The van der Waals surface area contributed by atoms with Crippen molar-refractivity contribution in [3.63, 3.8) is 0 Å². The van der Waals surface area contributed by atoms with Gasteiger partial charge in [0.25, 0.3) is 0 Å². The summed E-state index contributed by atoms with van der Waals surface area (Å²) in [5.74, 6) is 1.62. The molecule has 1 aliphatic rings. The Morgan fingerprint density at radius 1 is 1.31 bits per heavy atom. The molecule has 1 fully saturated rings. The fraction of sp³-hybridized carbons (Fsp3) is 0.632. The number of piperidine rings is 1. The molecule has 1 atom stereocenters. The molecule has 0 aromatic heterocycles. The second-order valence-electron chi connectivity index (χ2n) is 6.89. The minimum Gasteiger partial charge on any atom is -0.489 e. The standard InChI is InChI=1S/C19H31ClN4O.HI/c1-14(2)24-10-8-17(9-11-24)23-19(21-4)22-13-15(3)25-18-7-5-6-16(20)12-18;/h5-7,12,14-15,17H,8-11,13H2,1-4H3,(H2,21,22,23);1H. The van der Waals surface area contributed by atoms with Crippen molar-refractivity contribution in [3.8, 4) is 5.75 Å². The van der Waals surface area contributed by atoms with Crippen molar-refractivity contribution in [2.24, 2.45) is 4.99 Å². The normalized spacial score (nSPS) is 17.5. The number of benzene rings is 1. The van der Waals surface area contributed by atoms with Crippen LogP contribution < -0.4 is 15.4 Å². The Morgan fingerprint density at radius 3 is 2.58 bits per heavy atom. The molecule has 148 valence electrons. The lowest BCUT2D eigenvalue weighted by Gasteiger charge is -2.35. The second kappa shape index (κ2) is 11.9. The van der Waals surface area contributed by atoms with Gasteiger partial charge >= 0.3 is 0 Å². The molecule has 2 rings (SSSR count). The van der Waals surface area contributed by atoms with Gasteiger partial charge in [0, 0.05) is 37.2 Å². The van der Waals surface area contributed by atoms with E-state index in [1.165, 1.54) is 0 Å². The summed E-state index contributed by atoms with van der Waals surface area (Å²) < 4.78 is 5.88. The molecule has 7 heteroatoms. The lowest BCUT2D eigenvalue weighted by atomic mass is 10.0. The zero-order valence-electron chi connectivity index (χ0n) is 16.2. The highest BCUT2D eigenvalue weighted by atomic mass is 127. The summed E-state index contributed by atoms with van der Waals surface area (Å²) in [6, 6.07) is 8.58. The van der Waals surface area contributed by atoms with Crippen molar-refractivity contribution < 1.29 is 4.74 Å². The van der Waals surface area contributed by atoms with Crippen LogP contribution in [0.25, 0.3) is 0 Å². The Labute approximate surface area is 179 Å². The first-order valence-corrected chi connectivity index (χ1v) is 9.49. The first-order valence-electron chi connectivity index (χ1n) is 9.11. The zero-order valence-corrected chi connectivity index (χ0v) is 19.3. The first kappa shape index (κ1) is 23.3. The van der Waals surface area contributed by atoms with Gasteiger partial charge in [-0.2, -0.15) is 0 Å². The Hall–Kier alpha value is -0.730. The quantitative estimate of drug-likeness (QED) is 0.359. The van der Waals surface area contributed by atoms with E-state index in [1.807, 2.05) is 31.2 Å². The average Bonchev–Trinajstić information content (AvgIpc) is 2.59. The van der Waals surface area contributed by atoms with E-state index in [1.54, 1.807) is 7.05 Å². The summed E-state index contributed by atoms with van der Waals surface area (Å²) in [6.07, 6.45) is 2.31. The van der Waals surface area contributed by atoms with Gasteiger partial charge in [-0.25, -0.2) is 0 Å². The summed E-state index contributed by atoms with van der Waals surface area (Å²) in [5.41, 5.74) is 0. The molecular weight excluding hydrogens is 463 g/mol. The van der Waals surface area contributed by atoms with Crippen molar-refractivity contribution in [1.29, 1.82) is 0 Å². The van der Waals surface area contributed by atoms with Crippen LogP contribution in [0.4, 0.5) is 0 Å². The van der Waals surface area contributed by atoms with Gasteiger partial charge in [0.1, 0.15) is 11.9 Å². The van der Waals surface area contributed by atoms with Gasteiger partial charge in [-0.3, -0.25) is 4.99 Å². The van der Waals surface area contributed by atoms with Gasteiger partial charge in [0.15, 0.2) is 5.96 Å². The minimum absolute atomic E-state index is 0. The highest BCUT2D eigenvalue weighted by Crippen LogP contribution is 2.18. The summed E-state index contributed by atoms with van der Waals surface area (Å²) in [6.45, 7) is 9.51. The van der Waals surface area contributed by atoms with Crippen LogP contribution in [0.1, 0.15) is 33.6 Å². The molecule has 1 aliphatic heterocycles. The van der Waals surface area contributed by atoms with Crippen molar-refractivity contribution in [1.82, 2.24) is 15.5 Å². The second-order valence-corrected chi connectivity index (χ2v) is 7.32. The summed E-state index contributed by atoms with van der Waals surface area (Å²) in [7, 11) is 1.81. The Morgan fingerprint density at radius 2 is 2.00 bits per heavy atom. The maximum absolute atomic E-state index is 5.99. The highest BCUT2D eigenvalue weighted by molar-refractivity contribution is 14.0. The number of nitrogens with zero attached hydrogens (tertiary/aromatic N) is 2. The third-order valence-electron chi connectivity index (χ3n) is 4.51. The number of rotatable bonds is 6. The number of nitrogens with one attached hydrogen (secondary N) is 2. The lowest BCUT2D eigenvalue weighted by Crippen LogP contribution is -2.50. The number of halogens is 2. The molecule has 0 radical (unpaired) electrons. The van der Waals surface area contributed by atoms with E-state index >= 15 is 0 Å². The number of likely N-dealkylation sites (tertiary alicyclic amines) is 1. The molecule has 0 amide bonds. The SMILES string of the molecule is CN=C(NCC(C)Oc1cccc(Cl)c1)NC1CCN(C(C)C)CC1.I. The van der Waals surface area contributed by atoms with Crippen LogP contribution in [0.3, 0.4) is 0 Å². The molecule has 0 aliphatic carbocycles. The van der Waals surface area contributed by atoms with Crippen LogP contribution in [-0.2, 0) is 0 Å². The van der Waals surface area contributed by atoms with Gasteiger partial charge in [0.05, 0.1) is 6.54 Å². The third kappa shape index (κ3) is 7.88. The van der Waals surface area contributed by atoms with E-state index in [9.17, 15) is 0 Å². The number of aliphatic imine (C=N–C) groups is 1. The smallest absolute Gasteiger partial charge is 0.191 e. The topological polar surface area (TPSA) is 48.9 Å². The van der Waals surface area contributed by atoms with Crippen LogP contribution in [0.5, 0.6) is 5.75 Å². The van der Waals surface area contributed by atoms with Crippen LogP contribution in [0.15, 0.2) is 29.3 Å². The van der Waals surface area contributed by atoms with Gasteiger partial charge in [0.2, 0.25) is 0 Å². The molecule has 0 bridgehead atoms. The summed E-state index contributed by atoms with van der Waals surface area (Å²) in [5, 5.41) is 7.56. The van der Waals surface area contributed by atoms with Gasteiger partial charge < -0.3 is 20.3 Å². The van der Waals surface area contributed by atoms with Crippen LogP contribution >= 0.6 is 35.6 Å². The van der Waals surface area contributed by atoms with E-state index in [0.29, 0.717) is 23.7 Å². The zero-order chi connectivity index (χ0) is 18.2. The molecule has 0 saturated carbocycles. The molecule has 0 spiro atoms. The molecule has 5 nitrogen and oxygen atoms in total. The first-order chi connectivity index (χ1) is 12.0. The minimum atomic E-state index is 0. The van der Waals surface area contributed by atoms with E-state index < -0.39 is 0 Å². The molecule has 1 aromatic rings. The van der Waals surface area contributed by atoms with Crippen molar-refractivity contribution >= 4 is 41.5 Å². The van der Waals surface area contributed by atoms with Gasteiger partial charge in [-0.1, -0.05) is 17.7 Å². The van der Waals surface area contributed by atoms with Gasteiger partial charge in [-0.15, -0.1) is 24.0 Å². The van der Waals surface area contributed by atoms with E-state index in [-0.39, 0.29) is 30.1 Å². The number of hydrogen-bond acceptors (Lipinski definition) is 3. The maximum atomic E-state index is 5.99. The van der Waals surface area contributed by atoms with E-state index in [4.69, 9.17) is 16.3 Å². The van der Waals surface area contributed by atoms with E-state index in [0.717, 1.165) is 37.6 Å². The van der Waals surface area contributed by atoms with Crippen LogP contribution in [0, 0.1) is 0 Å². The highest BCUT2D eigenvalue weighted by Gasteiger charge is 2.21. The molecular formula is C19H32ClIN4O. The number of ether oxygens (including phenoxy) is 1. The number of guanidine groups is 1. The largest absolute Gasteiger partial charge is 0.489 e. The summed E-state index contributed by atoms with van der Waals surface area (Å²) in [4.78, 5) is 6.86. The van der Waals surface area contributed by atoms with Crippen molar-refractivity contribution in [2.75, 3.05) is 26.7 Å². The Kier molecular flexibility index (Phi) is 10.6. The molecule has 2 N–H and O–H groups in total. The molecule has 1 heterocycles. The average molecular weight is 495 g/mol. The predicted octanol–water partition coefficient (Wildman–Crippen LogP) is 3.76. The maximum Gasteiger partial charge on any atom is 0.191 e. The molecule has 1 unspecified atom stereocenters. The van der Waals surface area contributed by atoms with Crippen LogP contribution in [0.2, 0.25) is 5.02 Å².